The molecule has 0 atom stereocenters. The molecule has 0 fully saturated rings. The number of ether oxygens (including phenoxy) is 1. The van der Waals surface area contributed by atoms with Crippen molar-refractivity contribution in [2.24, 2.45) is 0 Å². The van der Waals surface area contributed by atoms with Gasteiger partial charge in [-0.05, 0) is 35.9 Å². The highest BCUT2D eigenvalue weighted by Crippen LogP contribution is 2.27. The van der Waals surface area contributed by atoms with Crippen molar-refractivity contribution in [3.8, 4) is 17.1 Å². The van der Waals surface area contributed by atoms with E-state index in [2.05, 4.69) is 26.0 Å². The third-order valence-electron chi connectivity index (χ3n) is 3.70. The predicted molar refractivity (Wildman–Crippen MR) is 102 cm³/mol. The standard InChI is InChI=1S/C18H12BrN3O2S/c1-24-14-5-3-2-4-13(14)16-20-18-22(21-16)17(23)15(25-18)10-11-6-8-12(19)9-7-11/h2-10H,1H3. The molecule has 7 heteroatoms. The Bertz CT molecular complexity index is 1170. The van der Waals surface area contributed by atoms with Gasteiger partial charge in [0, 0.05) is 4.47 Å². The van der Waals surface area contributed by atoms with E-state index >= 15 is 0 Å². The molecule has 25 heavy (non-hydrogen) atoms. The van der Waals surface area contributed by atoms with Crippen LogP contribution in [0.15, 0.2) is 57.8 Å². The fourth-order valence-electron chi connectivity index (χ4n) is 2.49. The summed E-state index contributed by atoms with van der Waals surface area (Å²) in [5.74, 6) is 1.16. The van der Waals surface area contributed by atoms with E-state index in [0.29, 0.717) is 21.1 Å². The highest BCUT2D eigenvalue weighted by atomic mass is 79.9. The van der Waals surface area contributed by atoms with E-state index in [1.165, 1.54) is 15.9 Å². The average molecular weight is 414 g/mol. The molecule has 2 aromatic carbocycles. The fourth-order valence-corrected chi connectivity index (χ4v) is 3.66. The number of rotatable bonds is 3. The summed E-state index contributed by atoms with van der Waals surface area (Å²) in [7, 11) is 1.60. The number of hydrogen-bond acceptors (Lipinski definition) is 5. The number of thiazole rings is 1. The molecule has 0 aliphatic heterocycles. The molecule has 0 bridgehead atoms. The zero-order valence-corrected chi connectivity index (χ0v) is 15.5. The lowest BCUT2D eigenvalue weighted by Crippen LogP contribution is -2.23. The second-order valence-electron chi connectivity index (χ2n) is 5.30. The third kappa shape index (κ3) is 2.96. The van der Waals surface area contributed by atoms with Crippen LogP contribution in [0.3, 0.4) is 0 Å². The van der Waals surface area contributed by atoms with E-state index in [1.807, 2.05) is 54.6 Å². The summed E-state index contributed by atoms with van der Waals surface area (Å²) in [6.07, 6.45) is 1.85. The molecule has 0 unspecified atom stereocenters. The SMILES string of the molecule is COc1ccccc1-c1nc2sc(=Cc3ccc(Br)cc3)c(=O)n2n1. The summed E-state index contributed by atoms with van der Waals surface area (Å²) in [5, 5.41) is 4.36. The van der Waals surface area contributed by atoms with Gasteiger partial charge in [0.1, 0.15) is 5.75 Å². The molecule has 0 N–H and O–H groups in total. The van der Waals surface area contributed by atoms with Crippen molar-refractivity contribution in [1.29, 1.82) is 0 Å². The molecule has 124 valence electrons. The highest BCUT2D eigenvalue weighted by Gasteiger charge is 2.14. The van der Waals surface area contributed by atoms with E-state index in [9.17, 15) is 4.79 Å². The highest BCUT2D eigenvalue weighted by molar-refractivity contribution is 9.10. The maximum absolute atomic E-state index is 12.6. The van der Waals surface area contributed by atoms with Crippen LogP contribution in [0.2, 0.25) is 0 Å². The maximum atomic E-state index is 12.6. The first-order chi connectivity index (χ1) is 12.2. The average Bonchev–Trinajstić information content (AvgIpc) is 3.17. The summed E-state index contributed by atoms with van der Waals surface area (Å²) < 4.78 is 8.28. The first-order valence-electron chi connectivity index (χ1n) is 7.46. The Morgan fingerprint density at radius 2 is 1.92 bits per heavy atom. The molecule has 2 heterocycles. The predicted octanol–water partition coefficient (Wildman–Crippen LogP) is 3.14. The second kappa shape index (κ2) is 6.42. The molecule has 0 aliphatic carbocycles. The van der Waals surface area contributed by atoms with Gasteiger partial charge in [0.25, 0.3) is 5.56 Å². The van der Waals surface area contributed by atoms with Crippen molar-refractivity contribution in [1.82, 2.24) is 14.6 Å². The lowest BCUT2D eigenvalue weighted by molar-refractivity contribution is 0.416. The number of para-hydroxylation sites is 1. The van der Waals surface area contributed by atoms with E-state index in [4.69, 9.17) is 4.74 Å². The van der Waals surface area contributed by atoms with Crippen molar-refractivity contribution < 1.29 is 4.74 Å². The van der Waals surface area contributed by atoms with Crippen LogP contribution >= 0.6 is 27.3 Å². The van der Waals surface area contributed by atoms with Crippen molar-refractivity contribution in [3.63, 3.8) is 0 Å². The van der Waals surface area contributed by atoms with Crippen LogP contribution in [-0.2, 0) is 0 Å². The van der Waals surface area contributed by atoms with Gasteiger partial charge in [0.05, 0.1) is 17.2 Å². The summed E-state index contributed by atoms with van der Waals surface area (Å²) in [6, 6.07) is 15.2. The Hall–Kier alpha value is -2.51. The van der Waals surface area contributed by atoms with Crippen molar-refractivity contribution >= 4 is 38.3 Å². The minimum absolute atomic E-state index is 0.170. The van der Waals surface area contributed by atoms with Crippen LogP contribution in [0.5, 0.6) is 5.75 Å². The molecule has 0 saturated carbocycles. The van der Waals surface area contributed by atoms with E-state index in [1.54, 1.807) is 7.11 Å². The van der Waals surface area contributed by atoms with Gasteiger partial charge in [0.15, 0.2) is 5.82 Å². The van der Waals surface area contributed by atoms with Gasteiger partial charge in [-0.15, -0.1) is 5.10 Å². The van der Waals surface area contributed by atoms with E-state index in [0.717, 1.165) is 15.6 Å². The lowest BCUT2D eigenvalue weighted by Gasteiger charge is -2.03. The van der Waals surface area contributed by atoms with Gasteiger partial charge in [-0.3, -0.25) is 4.79 Å². The van der Waals surface area contributed by atoms with Crippen LogP contribution in [0.1, 0.15) is 5.56 Å². The summed E-state index contributed by atoms with van der Waals surface area (Å²) in [5.41, 5.74) is 1.55. The molecule has 4 rings (SSSR count). The van der Waals surface area contributed by atoms with Crippen molar-refractivity contribution in [2.45, 2.75) is 0 Å². The number of methoxy groups -OCH3 is 1. The van der Waals surface area contributed by atoms with Gasteiger partial charge in [-0.1, -0.05) is 51.5 Å². The summed E-state index contributed by atoms with van der Waals surface area (Å²) in [4.78, 5) is 17.7. The van der Waals surface area contributed by atoms with Gasteiger partial charge < -0.3 is 4.74 Å². The van der Waals surface area contributed by atoms with Gasteiger partial charge >= 0.3 is 0 Å². The molecular formula is C18H12BrN3O2S. The zero-order chi connectivity index (χ0) is 17.4. The van der Waals surface area contributed by atoms with Crippen LogP contribution < -0.4 is 14.8 Å². The molecule has 2 aromatic heterocycles. The number of hydrogen-bond donors (Lipinski definition) is 0. The molecule has 0 radical (unpaired) electrons. The van der Waals surface area contributed by atoms with Crippen LogP contribution in [0, 0.1) is 0 Å². The Morgan fingerprint density at radius 1 is 1.16 bits per heavy atom. The largest absolute Gasteiger partial charge is 0.496 e. The van der Waals surface area contributed by atoms with Crippen LogP contribution in [0.4, 0.5) is 0 Å². The third-order valence-corrected chi connectivity index (χ3v) is 5.19. The first kappa shape index (κ1) is 16.0. The fraction of sp³-hybridized carbons (Fsp3) is 0.0556. The van der Waals surface area contributed by atoms with Crippen molar-refractivity contribution in [3.05, 3.63) is 73.5 Å². The first-order valence-corrected chi connectivity index (χ1v) is 9.07. The molecule has 0 amide bonds. The molecule has 5 nitrogen and oxygen atoms in total. The van der Waals surface area contributed by atoms with Crippen LogP contribution in [0.25, 0.3) is 22.4 Å². The molecule has 0 aliphatic rings. The number of halogens is 1. The van der Waals surface area contributed by atoms with E-state index < -0.39 is 0 Å². The number of aromatic nitrogens is 3. The van der Waals surface area contributed by atoms with E-state index in [-0.39, 0.29) is 5.56 Å². The topological polar surface area (TPSA) is 56.5 Å². The molecule has 4 aromatic rings. The Labute approximate surface area is 155 Å². The monoisotopic (exact) mass is 413 g/mol. The van der Waals surface area contributed by atoms with Gasteiger partial charge in [0.2, 0.25) is 4.96 Å². The second-order valence-corrected chi connectivity index (χ2v) is 7.22. The Morgan fingerprint density at radius 3 is 2.64 bits per heavy atom. The molecule has 0 spiro atoms. The number of benzene rings is 2. The Balaban J connectivity index is 1.82. The molecule has 0 saturated heterocycles. The molecular weight excluding hydrogens is 402 g/mol. The zero-order valence-electron chi connectivity index (χ0n) is 13.1. The summed E-state index contributed by atoms with van der Waals surface area (Å²) >= 11 is 4.72. The van der Waals surface area contributed by atoms with Crippen molar-refractivity contribution in [2.75, 3.05) is 7.11 Å². The minimum Gasteiger partial charge on any atom is -0.496 e. The normalized spacial score (nSPS) is 12.0. The number of nitrogens with zero attached hydrogens (tertiary/aromatic N) is 3. The van der Waals surface area contributed by atoms with Gasteiger partial charge in [-0.2, -0.15) is 9.50 Å². The van der Waals surface area contributed by atoms with Gasteiger partial charge in [-0.25, -0.2) is 0 Å². The minimum atomic E-state index is -0.170. The number of fused-ring (bicyclic) bond motifs is 1. The summed E-state index contributed by atoms with van der Waals surface area (Å²) in [6.45, 7) is 0. The maximum Gasteiger partial charge on any atom is 0.291 e. The quantitative estimate of drug-likeness (QED) is 0.517. The van der Waals surface area contributed by atoms with Crippen LogP contribution in [-0.4, -0.2) is 21.7 Å². The Kier molecular flexibility index (Phi) is 4.10. The smallest absolute Gasteiger partial charge is 0.291 e. The lowest BCUT2D eigenvalue weighted by atomic mass is 10.2.